The van der Waals surface area contributed by atoms with Crippen LogP contribution < -0.4 is 15.5 Å². The summed E-state index contributed by atoms with van der Waals surface area (Å²) < 4.78 is 5.47. The van der Waals surface area contributed by atoms with Gasteiger partial charge in [-0.15, -0.1) is 11.8 Å². The zero-order valence-corrected chi connectivity index (χ0v) is 20.6. The van der Waals surface area contributed by atoms with E-state index in [2.05, 4.69) is 20.5 Å². The van der Waals surface area contributed by atoms with Crippen molar-refractivity contribution >= 4 is 63.9 Å². The molecule has 1 aliphatic rings. The summed E-state index contributed by atoms with van der Waals surface area (Å²) in [5.41, 5.74) is 2.51. The molecule has 0 unspecified atom stereocenters. The average molecular weight is 516 g/mol. The molecule has 1 aliphatic heterocycles. The second-order valence-electron chi connectivity index (χ2n) is 7.33. The van der Waals surface area contributed by atoms with Crippen LogP contribution in [0.25, 0.3) is 11.4 Å². The van der Waals surface area contributed by atoms with Crippen LogP contribution >= 0.6 is 35.6 Å². The van der Waals surface area contributed by atoms with Crippen molar-refractivity contribution in [3.8, 4) is 11.4 Å². The predicted octanol–water partition coefficient (Wildman–Crippen LogP) is 4.86. The molecule has 3 aromatic rings. The highest BCUT2D eigenvalue weighted by Gasteiger charge is 2.21. The first-order valence-electron chi connectivity index (χ1n) is 10.4. The monoisotopic (exact) mass is 515 g/mol. The predicted molar refractivity (Wildman–Crippen MR) is 141 cm³/mol. The van der Waals surface area contributed by atoms with Crippen LogP contribution in [-0.4, -0.2) is 58.7 Å². The number of benzene rings is 2. The fourth-order valence-corrected chi connectivity index (χ4v) is 4.60. The van der Waals surface area contributed by atoms with E-state index in [0.717, 1.165) is 35.1 Å². The van der Waals surface area contributed by atoms with E-state index in [9.17, 15) is 4.79 Å². The molecule has 2 heterocycles. The van der Waals surface area contributed by atoms with Crippen molar-refractivity contribution in [3.63, 3.8) is 0 Å². The third kappa shape index (κ3) is 5.76. The summed E-state index contributed by atoms with van der Waals surface area (Å²) >= 11 is 13.4. The quantitative estimate of drug-likeness (QED) is 0.239. The van der Waals surface area contributed by atoms with E-state index in [1.807, 2.05) is 30.5 Å². The van der Waals surface area contributed by atoms with Crippen molar-refractivity contribution in [2.75, 3.05) is 48.1 Å². The molecule has 0 spiro atoms. The van der Waals surface area contributed by atoms with Gasteiger partial charge < -0.3 is 25.4 Å². The fourth-order valence-electron chi connectivity index (χ4n) is 3.40. The largest absolute Gasteiger partial charge is 0.478 e. The number of thiocarbonyl (C=S) groups is 1. The van der Waals surface area contributed by atoms with E-state index in [1.165, 1.54) is 23.9 Å². The molecule has 8 nitrogen and oxygen atoms in total. The molecule has 0 saturated carbocycles. The number of thioether (sulfide) groups is 1. The van der Waals surface area contributed by atoms with Crippen LogP contribution in [0.3, 0.4) is 0 Å². The van der Waals surface area contributed by atoms with Crippen LogP contribution in [0.2, 0.25) is 5.15 Å². The molecule has 0 amide bonds. The summed E-state index contributed by atoms with van der Waals surface area (Å²) in [6.45, 7) is 2.82. The van der Waals surface area contributed by atoms with Crippen LogP contribution in [0.15, 0.2) is 53.4 Å². The number of morpholine rings is 1. The van der Waals surface area contributed by atoms with E-state index in [-0.39, 0.29) is 5.56 Å². The molecule has 4 rings (SSSR count). The van der Waals surface area contributed by atoms with E-state index in [1.54, 1.807) is 12.1 Å². The minimum atomic E-state index is -0.974. The Bertz CT molecular complexity index is 1190. The van der Waals surface area contributed by atoms with Crippen LogP contribution in [-0.2, 0) is 4.74 Å². The summed E-state index contributed by atoms with van der Waals surface area (Å²) in [5, 5.41) is 16.0. The first kappa shape index (κ1) is 24.2. The Morgan fingerprint density at radius 3 is 2.21 bits per heavy atom. The van der Waals surface area contributed by atoms with Crippen molar-refractivity contribution in [1.29, 1.82) is 0 Å². The normalized spacial score (nSPS) is 13.4. The molecule has 34 heavy (non-hydrogen) atoms. The van der Waals surface area contributed by atoms with Crippen molar-refractivity contribution in [2.24, 2.45) is 0 Å². The minimum Gasteiger partial charge on any atom is -0.478 e. The third-order valence-electron chi connectivity index (χ3n) is 5.11. The van der Waals surface area contributed by atoms with Crippen molar-refractivity contribution in [1.82, 2.24) is 9.97 Å². The van der Waals surface area contributed by atoms with Crippen LogP contribution in [0.5, 0.6) is 0 Å². The number of hydrogen-bond donors (Lipinski definition) is 3. The number of halogens is 1. The van der Waals surface area contributed by atoms with Gasteiger partial charge >= 0.3 is 5.97 Å². The molecule has 0 radical (unpaired) electrons. The topological polar surface area (TPSA) is 99.6 Å². The first-order valence-corrected chi connectivity index (χ1v) is 12.4. The Kier molecular flexibility index (Phi) is 7.84. The van der Waals surface area contributed by atoms with Gasteiger partial charge in [0.1, 0.15) is 11.0 Å². The van der Waals surface area contributed by atoms with Crippen LogP contribution in [0, 0.1) is 0 Å². The summed E-state index contributed by atoms with van der Waals surface area (Å²) in [4.78, 5) is 23.3. The zero-order chi connectivity index (χ0) is 24.1. The number of hydrogen-bond acceptors (Lipinski definition) is 7. The molecule has 11 heteroatoms. The van der Waals surface area contributed by atoms with Gasteiger partial charge in [-0.3, -0.25) is 0 Å². The van der Waals surface area contributed by atoms with E-state index < -0.39 is 5.97 Å². The molecular formula is C23H22ClN5O3S2. The van der Waals surface area contributed by atoms with E-state index in [0.29, 0.717) is 35.0 Å². The molecule has 0 atom stereocenters. The van der Waals surface area contributed by atoms with E-state index in [4.69, 9.17) is 38.6 Å². The average Bonchev–Trinajstić information content (AvgIpc) is 2.85. The highest BCUT2D eigenvalue weighted by molar-refractivity contribution is 7.98. The van der Waals surface area contributed by atoms with Gasteiger partial charge in [0, 0.05) is 30.0 Å². The third-order valence-corrected chi connectivity index (χ3v) is 6.49. The van der Waals surface area contributed by atoms with Crippen molar-refractivity contribution < 1.29 is 14.6 Å². The van der Waals surface area contributed by atoms with Gasteiger partial charge in [-0.25, -0.2) is 14.8 Å². The maximum absolute atomic E-state index is 11.0. The number of anilines is 3. The van der Waals surface area contributed by atoms with E-state index >= 15 is 0 Å². The molecule has 0 bridgehead atoms. The highest BCUT2D eigenvalue weighted by atomic mass is 35.5. The van der Waals surface area contributed by atoms with Gasteiger partial charge in [0.2, 0.25) is 0 Å². The maximum Gasteiger partial charge on any atom is 0.335 e. The summed E-state index contributed by atoms with van der Waals surface area (Å²) in [6, 6.07) is 13.9. The maximum atomic E-state index is 11.0. The Hall–Kier alpha value is -2.92. The number of carboxylic acid groups (broad SMARTS) is 1. The van der Waals surface area contributed by atoms with Gasteiger partial charge in [-0.2, -0.15) is 0 Å². The molecule has 0 aliphatic carbocycles. The highest BCUT2D eigenvalue weighted by Crippen LogP contribution is 2.35. The lowest BCUT2D eigenvalue weighted by atomic mass is 10.2. The molecule has 1 saturated heterocycles. The molecule has 2 aromatic carbocycles. The number of carboxylic acids is 1. The number of rotatable bonds is 6. The van der Waals surface area contributed by atoms with Crippen molar-refractivity contribution in [3.05, 3.63) is 59.2 Å². The number of carbonyl (C=O) groups is 1. The SMILES string of the molecule is CSc1c(Cl)nc(-c2ccc(NC(=S)Nc3ccc(C(=O)O)cc3)cc2)nc1N1CCOCC1. The number of ether oxygens (including phenoxy) is 1. The van der Waals surface area contributed by atoms with Crippen molar-refractivity contribution in [2.45, 2.75) is 4.90 Å². The number of nitrogens with one attached hydrogen (secondary N) is 2. The van der Waals surface area contributed by atoms with Crippen LogP contribution in [0.4, 0.5) is 17.2 Å². The van der Waals surface area contributed by atoms with Crippen LogP contribution in [0.1, 0.15) is 10.4 Å². The molecule has 176 valence electrons. The molecule has 1 fully saturated rings. The molecular weight excluding hydrogens is 494 g/mol. The van der Waals surface area contributed by atoms with Gasteiger partial charge in [0.15, 0.2) is 10.9 Å². The summed E-state index contributed by atoms with van der Waals surface area (Å²) in [6.07, 6.45) is 1.96. The number of nitrogens with zero attached hydrogens (tertiary/aromatic N) is 3. The smallest absolute Gasteiger partial charge is 0.335 e. The lowest BCUT2D eigenvalue weighted by molar-refractivity contribution is 0.0697. The standard InChI is InChI=1S/C23H22ClN5O3S2/c1-34-18-19(24)27-20(28-21(18)29-10-12-32-13-11-29)14-2-6-16(7-3-14)25-23(33)26-17-8-4-15(5-9-17)22(30)31/h2-9H,10-13H2,1H3,(H,30,31)(H2,25,26,33). The second kappa shape index (κ2) is 11.0. The van der Waals surface area contributed by atoms with Gasteiger partial charge in [-0.1, -0.05) is 11.6 Å². The van der Waals surface area contributed by atoms with Gasteiger partial charge in [-0.05, 0) is 67.0 Å². The fraction of sp³-hybridized carbons (Fsp3) is 0.217. The Labute approximate surface area is 211 Å². The zero-order valence-electron chi connectivity index (χ0n) is 18.2. The lowest BCUT2D eigenvalue weighted by Gasteiger charge is -2.29. The lowest BCUT2D eigenvalue weighted by Crippen LogP contribution is -2.37. The molecule has 1 aromatic heterocycles. The minimum absolute atomic E-state index is 0.213. The summed E-state index contributed by atoms with van der Waals surface area (Å²) in [7, 11) is 0. The number of aromatic nitrogens is 2. The number of aromatic carboxylic acids is 1. The Morgan fingerprint density at radius 2 is 1.65 bits per heavy atom. The Balaban J connectivity index is 1.47. The van der Waals surface area contributed by atoms with Gasteiger partial charge in [0.25, 0.3) is 0 Å². The molecule has 3 N–H and O–H groups in total. The Morgan fingerprint density at radius 1 is 1.06 bits per heavy atom. The van der Waals surface area contributed by atoms with Gasteiger partial charge in [0.05, 0.1) is 23.7 Å². The first-order chi connectivity index (χ1) is 16.4. The second-order valence-corrected chi connectivity index (χ2v) is 8.92. The summed E-state index contributed by atoms with van der Waals surface area (Å²) in [5.74, 6) is 0.403.